The van der Waals surface area contributed by atoms with E-state index in [-0.39, 0.29) is 32.0 Å². The third kappa shape index (κ3) is 7.42. The summed E-state index contributed by atoms with van der Waals surface area (Å²) in [4.78, 5) is 21.8. The number of nitrogens with one attached hydrogen (secondary N) is 2. The Morgan fingerprint density at radius 2 is 1.93 bits per heavy atom. The van der Waals surface area contributed by atoms with Crippen LogP contribution in [0.15, 0.2) is 87.4 Å². The minimum atomic E-state index is -1.50. The molecule has 0 spiro atoms. The number of benzene rings is 3. The molecule has 10 nitrogen and oxygen atoms in total. The number of hydrazine groups is 1. The second kappa shape index (κ2) is 14.6. The zero-order valence-corrected chi connectivity index (χ0v) is 23.8. The Morgan fingerprint density at radius 1 is 1.17 bits per heavy atom. The van der Waals surface area contributed by atoms with Gasteiger partial charge in [0.2, 0.25) is 5.90 Å². The number of aliphatic hydroxyl groups excluding tert-OH is 1. The normalized spacial score (nSPS) is 17.7. The van der Waals surface area contributed by atoms with Gasteiger partial charge in [-0.3, -0.25) is 10.2 Å². The van der Waals surface area contributed by atoms with Crippen molar-refractivity contribution in [1.82, 2.24) is 10.9 Å². The van der Waals surface area contributed by atoms with Crippen molar-refractivity contribution in [2.24, 2.45) is 10.1 Å². The highest BCUT2D eigenvalue weighted by molar-refractivity contribution is 9.10. The zero-order valence-electron chi connectivity index (χ0n) is 22.2. The molecule has 0 bridgehead atoms. The molecule has 3 aromatic rings. The van der Waals surface area contributed by atoms with Crippen molar-refractivity contribution in [2.75, 3.05) is 26.4 Å². The van der Waals surface area contributed by atoms with Crippen LogP contribution in [0, 0.1) is 0 Å². The number of aliphatic imine (C=N–C) groups is 1. The van der Waals surface area contributed by atoms with Crippen LogP contribution in [-0.4, -0.2) is 48.9 Å². The first-order valence-electron chi connectivity index (χ1n) is 13.0. The Morgan fingerprint density at radius 3 is 2.63 bits per heavy atom. The molecular formula is C29H30BrFN6O4. The number of alkyl halides is 1. The molecule has 12 heteroatoms. The van der Waals surface area contributed by atoms with Crippen LogP contribution >= 0.6 is 15.9 Å². The Balaban J connectivity index is 1.81. The van der Waals surface area contributed by atoms with Gasteiger partial charge in [-0.15, -0.1) is 0 Å². The van der Waals surface area contributed by atoms with Crippen molar-refractivity contribution in [3.63, 3.8) is 0 Å². The highest BCUT2D eigenvalue weighted by atomic mass is 79.9. The number of aliphatic hydroxyl groups is 1. The van der Waals surface area contributed by atoms with Gasteiger partial charge in [0, 0.05) is 40.9 Å². The molecule has 0 radical (unpaired) electrons. The molecule has 3 aromatic carbocycles. The SMILES string of the molecule is [N-]=[N+]=NCc1ccccc1[C@@H]1OC(c2ccc(OCCCO)cc2)=N[C@]1(Cc1ccc(Br)cc1)C(=O)NNCCF. The van der Waals surface area contributed by atoms with Crippen LogP contribution in [0.4, 0.5) is 4.39 Å². The lowest BCUT2D eigenvalue weighted by Crippen LogP contribution is -2.54. The third-order valence-electron chi connectivity index (χ3n) is 6.48. The van der Waals surface area contributed by atoms with Crippen LogP contribution < -0.4 is 15.6 Å². The van der Waals surface area contributed by atoms with Gasteiger partial charge in [-0.1, -0.05) is 57.4 Å². The second-order valence-corrected chi connectivity index (χ2v) is 10.2. The molecule has 0 saturated heterocycles. The monoisotopic (exact) mass is 624 g/mol. The lowest BCUT2D eigenvalue weighted by atomic mass is 9.81. The molecule has 1 heterocycles. The number of carbonyl (C=O) groups excluding carboxylic acids is 1. The van der Waals surface area contributed by atoms with Gasteiger partial charge in [-0.05, 0) is 58.6 Å². The number of hydrogen-bond donors (Lipinski definition) is 3. The van der Waals surface area contributed by atoms with Crippen molar-refractivity contribution < 1.29 is 23.8 Å². The molecule has 0 saturated carbocycles. The van der Waals surface area contributed by atoms with E-state index in [0.717, 1.165) is 10.0 Å². The van der Waals surface area contributed by atoms with Crippen LogP contribution in [0.25, 0.3) is 10.4 Å². The molecule has 1 amide bonds. The maximum absolute atomic E-state index is 14.0. The third-order valence-corrected chi connectivity index (χ3v) is 7.01. The van der Waals surface area contributed by atoms with Gasteiger partial charge in [-0.25, -0.2) is 14.8 Å². The molecular weight excluding hydrogens is 595 g/mol. The fourth-order valence-electron chi connectivity index (χ4n) is 4.51. The fraction of sp³-hybridized carbons (Fsp3) is 0.310. The highest BCUT2D eigenvalue weighted by Gasteiger charge is 2.53. The zero-order chi connectivity index (χ0) is 29.1. The summed E-state index contributed by atoms with van der Waals surface area (Å²) in [5.41, 5.74) is 15.5. The molecule has 0 aromatic heterocycles. The van der Waals surface area contributed by atoms with E-state index in [2.05, 4.69) is 36.8 Å². The van der Waals surface area contributed by atoms with Crippen LogP contribution in [-0.2, 0) is 22.5 Å². The molecule has 1 aliphatic heterocycles. The van der Waals surface area contributed by atoms with Gasteiger partial charge in [0.1, 0.15) is 12.4 Å². The van der Waals surface area contributed by atoms with Gasteiger partial charge >= 0.3 is 0 Å². The lowest BCUT2D eigenvalue weighted by Gasteiger charge is -2.31. The number of carbonyl (C=O) groups is 1. The molecule has 1 aliphatic rings. The Labute approximate surface area is 245 Å². The highest BCUT2D eigenvalue weighted by Crippen LogP contribution is 2.43. The summed E-state index contributed by atoms with van der Waals surface area (Å²) in [6, 6.07) is 21.9. The van der Waals surface area contributed by atoms with Gasteiger partial charge in [0.25, 0.3) is 5.91 Å². The first-order chi connectivity index (χ1) is 20.0. The van der Waals surface area contributed by atoms with E-state index in [1.807, 2.05) is 48.5 Å². The van der Waals surface area contributed by atoms with E-state index in [1.165, 1.54) is 0 Å². The summed E-state index contributed by atoms with van der Waals surface area (Å²) in [7, 11) is 0. The van der Waals surface area contributed by atoms with Crippen molar-refractivity contribution >= 4 is 27.7 Å². The van der Waals surface area contributed by atoms with Crippen LogP contribution in [0.1, 0.15) is 34.8 Å². The Bertz CT molecular complexity index is 1400. The summed E-state index contributed by atoms with van der Waals surface area (Å²) in [5.74, 6) is 0.357. The predicted octanol–water partition coefficient (Wildman–Crippen LogP) is 5.11. The molecule has 0 aliphatic carbocycles. The van der Waals surface area contributed by atoms with Crippen molar-refractivity contribution in [3.05, 3.63) is 110 Å². The summed E-state index contributed by atoms with van der Waals surface area (Å²) >= 11 is 3.45. The quantitative estimate of drug-likeness (QED) is 0.0751. The maximum Gasteiger partial charge on any atom is 0.266 e. The standard InChI is InChI=1S/C29H30BrFN6O4/c30-23-10-6-20(7-11-23)18-29(28(39)36-33-15-14-31)26(25-5-2-1-4-22(25)19-34-37-32)41-27(35-29)21-8-12-24(13-9-21)40-17-3-16-38/h1-2,4-13,26,33,38H,3,14-19H2,(H,36,39)/t26-,29-/m0/s1. The second-order valence-electron chi connectivity index (χ2n) is 9.25. The van der Waals surface area contributed by atoms with Crippen LogP contribution in [0.5, 0.6) is 5.75 Å². The lowest BCUT2D eigenvalue weighted by molar-refractivity contribution is -0.130. The van der Waals surface area contributed by atoms with Crippen molar-refractivity contribution in [3.8, 4) is 5.75 Å². The summed E-state index contributed by atoms with van der Waals surface area (Å²) in [6.45, 7) is -0.283. The molecule has 3 N–H and O–H groups in total. The number of rotatable bonds is 14. The van der Waals surface area contributed by atoms with Crippen molar-refractivity contribution in [2.45, 2.75) is 31.0 Å². The molecule has 4 rings (SSSR count). The van der Waals surface area contributed by atoms with Crippen molar-refractivity contribution in [1.29, 1.82) is 0 Å². The minimum absolute atomic E-state index is 0.0357. The fourth-order valence-corrected chi connectivity index (χ4v) is 4.78. The first kappa shape index (κ1) is 30.0. The topological polar surface area (TPSA) is 141 Å². The van der Waals surface area contributed by atoms with Gasteiger partial charge in [-0.2, -0.15) is 0 Å². The average molecular weight is 625 g/mol. The molecule has 0 unspecified atom stereocenters. The van der Waals surface area contributed by atoms with E-state index in [4.69, 9.17) is 25.1 Å². The van der Waals surface area contributed by atoms with Crippen LogP contribution in [0.3, 0.4) is 0 Å². The number of ether oxygens (including phenoxy) is 2. The summed E-state index contributed by atoms with van der Waals surface area (Å²) < 4.78 is 25.9. The van der Waals surface area contributed by atoms with Crippen LogP contribution in [0.2, 0.25) is 0 Å². The van der Waals surface area contributed by atoms with E-state index >= 15 is 0 Å². The smallest absolute Gasteiger partial charge is 0.266 e. The van der Waals surface area contributed by atoms with Gasteiger partial charge in [0.05, 0.1) is 13.2 Å². The average Bonchev–Trinajstić information content (AvgIpc) is 3.38. The Hall–Kier alpha value is -3.96. The number of hydrogen-bond acceptors (Lipinski definition) is 7. The molecule has 214 valence electrons. The largest absolute Gasteiger partial charge is 0.494 e. The van der Waals surface area contributed by atoms with Gasteiger partial charge in [0.15, 0.2) is 11.6 Å². The Kier molecular flexibility index (Phi) is 10.7. The van der Waals surface area contributed by atoms with E-state index in [0.29, 0.717) is 35.5 Å². The number of azide groups is 1. The van der Waals surface area contributed by atoms with E-state index in [9.17, 15) is 9.18 Å². The minimum Gasteiger partial charge on any atom is -0.494 e. The van der Waals surface area contributed by atoms with E-state index in [1.54, 1.807) is 24.3 Å². The summed E-state index contributed by atoms with van der Waals surface area (Å²) in [6.07, 6.45) is -0.229. The number of amides is 1. The molecule has 0 fully saturated rings. The number of nitrogens with zero attached hydrogens (tertiary/aromatic N) is 4. The summed E-state index contributed by atoms with van der Waals surface area (Å²) in [5, 5.41) is 12.7. The maximum atomic E-state index is 14.0. The van der Waals surface area contributed by atoms with E-state index < -0.39 is 24.2 Å². The predicted molar refractivity (Wildman–Crippen MR) is 156 cm³/mol. The molecule has 2 atom stereocenters. The molecule has 41 heavy (non-hydrogen) atoms. The van der Waals surface area contributed by atoms with Gasteiger partial charge < -0.3 is 14.6 Å². The number of halogens is 2. The first-order valence-corrected chi connectivity index (χ1v) is 13.8.